The first-order chi connectivity index (χ1) is 10.8. The maximum absolute atomic E-state index is 12.4. The van der Waals surface area contributed by atoms with E-state index in [2.05, 4.69) is 6.07 Å². The van der Waals surface area contributed by atoms with Crippen molar-refractivity contribution >= 4 is 11.6 Å². The molecule has 1 radical (unpaired) electrons. The van der Waals surface area contributed by atoms with E-state index in [4.69, 9.17) is 0 Å². The molecule has 2 heteroatoms. The quantitative estimate of drug-likeness (QED) is 0.680. The molecule has 3 aromatic rings. The molecule has 0 aromatic heterocycles. The SMILES string of the molecule is O=C(c1[c]c(C(=O)c2ccccc2)ccc1)c1ccccc1. The van der Waals surface area contributed by atoms with Crippen molar-refractivity contribution in [3.05, 3.63) is 107 Å². The molecule has 105 valence electrons. The van der Waals surface area contributed by atoms with Gasteiger partial charge < -0.3 is 0 Å². The largest absolute Gasteiger partial charge is 0.289 e. The van der Waals surface area contributed by atoms with Crippen LogP contribution in [-0.2, 0) is 0 Å². The Morgan fingerprint density at radius 1 is 0.545 bits per heavy atom. The van der Waals surface area contributed by atoms with Crippen LogP contribution in [-0.4, -0.2) is 11.6 Å². The third-order valence-corrected chi connectivity index (χ3v) is 3.36. The molecule has 0 heterocycles. The summed E-state index contributed by atoms with van der Waals surface area (Å²) in [6.07, 6.45) is 0. The maximum Gasteiger partial charge on any atom is 0.193 e. The van der Waals surface area contributed by atoms with Crippen molar-refractivity contribution in [3.8, 4) is 0 Å². The Morgan fingerprint density at radius 3 is 1.36 bits per heavy atom. The van der Waals surface area contributed by atoms with Gasteiger partial charge >= 0.3 is 0 Å². The molecule has 0 unspecified atom stereocenters. The van der Waals surface area contributed by atoms with Gasteiger partial charge in [0.05, 0.1) is 0 Å². The number of hydrogen-bond acceptors (Lipinski definition) is 2. The van der Waals surface area contributed by atoms with Crippen LogP contribution in [0, 0.1) is 6.07 Å². The fourth-order valence-electron chi connectivity index (χ4n) is 2.22. The minimum atomic E-state index is -0.136. The van der Waals surface area contributed by atoms with Crippen molar-refractivity contribution in [2.24, 2.45) is 0 Å². The number of hydrogen-bond donors (Lipinski definition) is 0. The second kappa shape index (κ2) is 6.19. The molecule has 0 N–H and O–H groups in total. The summed E-state index contributed by atoms with van der Waals surface area (Å²) in [4.78, 5) is 24.8. The molecule has 0 spiro atoms. The molecule has 3 rings (SSSR count). The van der Waals surface area contributed by atoms with Crippen molar-refractivity contribution in [3.63, 3.8) is 0 Å². The Kier molecular flexibility index (Phi) is 3.92. The lowest BCUT2D eigenvalue weighted by Crippen LogP contribution is -2.06. The van der Waals surface area contributed by atoms with Crippen molar-refractivity contribution in [2.45, 2.75) is 0 Å². The van der Waals surface area contributed by atoms with E-state index < -0.39 is 0 Å². The molecule has 0 saturated heterocycles. The first-order valence-corrected chi connectivity index (χ1v) is 6.97. The van der Waals surface area contributed by atoms with Crippen molar-refractivity contribution in [1.82, 2.24) is 0 Å². The minimum Gasteiger partial charge on any atom is -0.289 e. The minimum absolute atomic E-state index is 0.136. The smallest absolute Gasteiger partial charge is 0.193 e. The van der Waals surface area contributed by atoms with Gasteiger partial charge in [-0.15, -0.1) is 0 Å². The summed E-state index contributed by atoms with van der Waals surface area (Å²) in [5, 5.41) is 0. The van der Waals surface area contributed by atoms with Gasteiger partial charge in [-0.1, -0.05) is 78.9 Å². The predicted octanol–water partition coefficient (Wildman–Crippen LogP) is 3.95. The highest BCUT2D eigenvalue weighted by molar-refractivity contribution is 6.12. The van der Waals surface area contributed by atoms with Crippen LogP contribution in [0.3, 0.4) is 0 Å². The number of ketones is 2. The van der Waals surface area contributed by atoms with E-state index in [1.807, 2.05) is 36.4 Å². The van der Waals surface area contributed by atoms with E-state index in [9.17, 15) is 9.59 Å². The van der Waals surface area contributed by atoms with Gasteiger partial charge in [0.1, 0.15) is 0 Å². The van der Waals surface area contributed by atoms with Gasteiger partial charge in [0.2, 0.25) is 0 Å². The van der Waals surface area contributed by atoms with Crippen molar-refractivity contribution in [2.75, 3.05) is 0 Å². The van der Waals surface area contributed by atoms with Gasteiger partial charge in [0.25, 0.3) is 0 Å². The third kappa shape index (κ3) is 2.86. The summed E-state index contributed by atoms with van der Waals surface area (Å²) in [5.41, 5.74) is 1.96. The van der Waals surface area contributed by atoms with E-state index in [1.165, 1.54) is 0 Å². The van der Waals surface area contributed by atoms with Crippen molar-refractivity contribution < 1.29 is 9.59 Å². The number of carbonyl (C=O) groups excluding carboxylic acids is 2. The molecule has 0 bridgehead atoms. The molecule has 0 amide bonds. The second-order valence-corrected chi connectivity index (χ2v) is 4.87. The van der Waals surface area contributed by atoms with Gasteiger partial charge in [0.15, 0.2) is 11.6 Å². The van der Waals surface area contributed by atoms with Crippen molar-refractivity contribution in [1.29, 1.82) is 0 Å². The van der Waals surface area contributed by atoms with Gasteiger partial charge in [-0.2, -0.15) is 0 Å². The molecule has 0 aliphatic rings. The molecular formula is C20H13O2. The zero-order chi connectivity index (χ0) is 15.4. The molecular weight excluding hydrogens is 272 g/mol. The van der Waals surface area contributed by atoms with Crippen LogP contribution in [0.5, 0.6) is 0 Å². The predicted molar refractivity (Wildman–Crippen MR) is 85.0 cm³/mol. The van der Waals surface area contributed by atoms with Crippen LogP contribution in [0.25, 0.3) is 0 Å². The fourth-order valence-corrected chi connectivity index (χ4v) is 2.22. The molecule has 0 atom stereocenters. The number of rotatable bonds is 4. The Bertz CT molecular complexity index is 739. The van der Waals surface area contributed by atoms with Crippen LogP contribution < -0.4 is 0 Å². The Labute approximate surface area is 129 Å². The highest BCUT2D eigenvalue weighted by Gasteiger charge is 2.13. The fraction of sp³-hybridized carbons (Fsp3) is 0. The molecule has 3 aromatic carbocycles. The third-order valence-electron chi connectivity index (χ3n) is 3.36. The Morgan fingerprint density at radius 2 is 0.955 bits per heavy atom. The molecule has 0 aliphatic carbocycles. The summed E-state index contributed by atoms with van der Waals surface area (Å²) in [7, 11) is 0. The van der Waals surface area contributed by atoms with E-state index >= 15 is 0 Å². The average Bonchev–Trinajstić information content (AvgIpc) is 2.62. The summed E-state index contributed by atoms with van der Waals surface area (Å²) in [6, 6.07) is 26.0. The average molecular weight is 285 g/mol. The van der Waals surface area contributed by atoms with E-state index in [-0.39, 0.29) is 11.6 Å². The zero-order valence-electron chi connectivity index (χ0n) is 11.8. The second-order valence-electron chi connectivity index (χ2n) is 4.87. The van der Waals surface area contributed by atoms with Crippen LogP contribution in [0.15, 0.2) is 78.9 Å². The van der Waals surface area contributed by atoms with Gasteiger partial charge in [-0.3, -0.25) is 9.59 Å². The Balaban J connectivity index is 1.94. The van der Waals surface area contributed by atoms with Crippen LogP contribution >= 0.6 is 0 Å². The summed E-state index contributed by atoms with van der Waals surface area (Å²) in [5.74, 6) is -0.272. The van der Waals surface area contributed by atoms with E-state index in [0.717, 1.165) is 0 Å². The molecule has 2 nitrogen and oxygen atoms in total. The summed E-state index contributed by atoms with van der Waals surface area (Å²) < 4.78 is 0. The Hall–Kier alpha value is -3.00. The van der Waals surface area contributed by atoms with Gasteiger partial charge in [-0.05, 0) is 0 Å². The standard InChI is InChI=1S/C20H13O2/c21-19(15-8-3-1-4-9-15)17-12-7-13-18(14-17)20(22)16-10-5-2-6-11-16/h1-13H. The van der Waals surface area contributed by atoms with Crippen LogP contribution in [0.1, 0.15) is 31.8 Å². The van der Waals surface area contributed by atoms with E-state index in [0.29, 0.717) is 22.3 Å². The van der Waals surface area contributed by atoms with Crippen LogP contribution in [0.2, 0.25) is 0 Å². The molecule has 22 heavy (non-hydrogen) atoms. The van der Waals surface area contributed by atoms with Gasteiger partial charge in [0, 0.05) is 28.3 Å². The maximum atomic E-state index is 12.4. The van der Waals surface area contributed by atoms with Crippen LogP contribution in [0.4, 0.5) is 0 Å². The zero-order valence-corrected chi connectivity index (χ0v) is 11.8. The molecule has 0 saturated carbocycles. The summed E-state index contributed by atoms with van der Waals surface area (Å²) >= 11 is 0. The monoisotopic (exact) mass is 285 g/mol. The molecule has 0 aliphatic heterocycles. The first kappa shape index (κ1) is 14.0. The highest BCUT2D eigenvalue weighted by atomic mass is 16.1. The van der Waals surface area contributed by atoms with Gasteiger partial charge in [-0.25, -0.2) is 0 Å². The topological polar surface area (TPSA) is 34.1 Å². The number of benzene rings is 3. The normalized spacial score (nSPS) is 10.2. The lowest BCUT2D eigenvalue weighted by molar-refractivity contribution is 0.103. The number of carbonyl (C=O) groups is 2. The highest BCUT2D eigenvalue weighted by Crippen LogP contribution is 2.14. The lowest BCUT2D eigenvalue weighted by atomic mass is 9.97. The first-order valence-electron chi connectivity index (χ1n) is 6.97. The molecule has 0 fully saturated rings. The lowest BCUT2D eigenvalue weighted by Gasteiger charge is -2.04. The summed E-state index contributed by atoms with van der Waals surface area (Å²) in [6.45, 7) is 0. The van der Waals surface area contributed by atoms with E-state index in [1.54, 1.807) is 42.5 Å².